The summed E-state index contributed by atoms with van der Waals surface area (Å²) in [6, 6.07) is 10.0. The molecule has 3 rings (SSSR count). The number of nitrogens with one attached hydrogen (secondary N) is 1. The summed E-state index contributed by atoms with van der Waals surface area (Å²) in [4.78, 5) is 3.15. The number of aryl methyl sites for hydroxylation is 1. The second-order valence-electron chi connectivity index (χ2n) is 4.38. The Morgan fingerprint density at radius 2 is 2.05 bits per heavy atom. The summed E-state index contributed by atoms with van der Waals surface area (Å²) in [7, 11) is 1.87. The largest absolute Gasteiger partial charge is 0.329 e. The molecule has 0 amide bonds. The van der Waals surface area contributed by atoms with E-state index in [1.807, 2.05) is 49.8 Å². The van der Waals surface area contributed by atoms with Crippen LogP contribution in [0, 0.1) is 4.77 Å². The summed E-state index contributed by atoms with van der Waals surface area (Å²) < 4.78 is 3.93. The first-order valence-electron chi connectivity index (χ1n) is 6.12. The van der Waals surface area contributed by atoms with E-state index in [2.05, 4.69) is 15.2 Å². The minimum absolute atomic E-state index is 0.559. The molecule has 0 atom stereocenters. The van der Waals surface area contributed by atoms with Crippen LogP contribution in [0.3, 0.4) is 0 Å². The number of aromatic nitrogens is 4. The van der Waals surface area contributed by atoms with Gasteiger partial charge >= 0.3 is 0 Å². The minimum atomic E-state index is 0.559. The number of benzene rings is 1. The van der Waals surface area contributed by atoms with Gasteiger partial charge in [0, 0.05) is 18.8 Å². The summed E-state index contributed by atoms with van der Waals surface area (Å²) in [5, 5.41) is 8.42. The molecule has 0 unspecified atom stereocenters. The van der Waals surface area contributed by atoms with E-state index >= 15 is 0 Å². The summed E-state index contributed by atoms with van der Waals surface area (Å²) in [5.74, 6) is 0. The predicted molar refractivity (Wildman–Crippen MR) is 81.3 cm³/mol. The van der Waals surface area contributed by atoms with Crippen molar-refractivity contribution in [3.63, 3.8) is 0 Å². The van der Waals surface area contributed by atoms with Crippen LogP contribution in [0.1, 0.15) is 5.56 Å². The van der Waals surface area contributed by atoms with E-state index in [0.717, 1.165) is 16.8 Å². The first-order valence-corrected chi connectivity index (χ1v) is 6.53. The van der Waals surface area contributed by atoms with Crippen molar-refractivity contribution in [1.29, 1.82) is 0 Å². The first kappa shape index (κ1) is 12.6. The summed E-state index contributed by atoms with van der Waals surface area (Å²) in [6.45, 7) is 0. The Balaban J connectivity index is 1.90. The van der Waals surface area contributed by atoms with Crippen LogP contribution >= 0.6 is 12.2 Å². The number of hydrogen-bond donors (Lipinski definition) is 1. The molecule has 5 nitrogen and oxygen atoms in total. The topological polar surface area (TPSA) is 50.9 Å². The maximum absolute atomic E-state index is 5.27. The van der Waals surface area contributed by atoms with Crippen molar-refractivity contribution in [3.05, 3.63) is 59.3 Å². The van der Waals surface area contributed by atoms with Gasteiger partial charge in [0.2, 0.25) is 0 Å². The Bertz CT molecular complexity index is 794. The molecule has 6 heteroatoms. The third-order valence-electron chi connectivity index (χ3n) is 2.84. The molecule has 0 fully saturated rings. The van der Waals surface area contributed by atoms with E-state index in [1.165, 1.54) is 0 Å². The van der Waals surface area contributed by atoms with Gasteiger partial charge in [0.05, 0.1) is 24.3 Å². The second kappa shape index (κ2) is 5.26. The Morgan fingerprint density at radius 1 is 1.25 bits per heavy atom. The molecule has 3 aromatic rings. The Kier molecular flexibility index (Phi) is 3.30. The highest BCUT2D eigenvalue weighted by atomic mass is 32.1. The average Bonchev–Trinajstić information content (AvgIpc) is 3.04. The van der Waals surface area contributed by atoms with E-state index in [-0.39, 0.29) is 0 Å². The lowest BCUT2D eigenvalue weighted by molar-refractivity contribution is 0.767. The van der Waals surface area contributed by atoms with Gasteiger partial charge in [-0.05, 0) is 17.8 Å². The van der Waals surface area contributed by atoms with E-state index in [4.69, 9.17) is 12.2 Å². The molecule has 0 spiro atoms. The Morgan fingerprint density at radius 3 is 2.75 bits per heavy atom. The van der Waals surface area contributed by atoms with Gasteiger partial charge in [-0.1, -0.05) is 30.3 Å². The van der Waals surface area contributed by atoms with Crippen LogP contribution in [0.5, 0.6) is 0 Å². The predicted octanol–water partition coefficient (Wildman–Crippen LogP) is 2.83. The molecular weight excluding hydrogens is 270 g/mol. The summed E-state index contributed by atoms with van der Waals surface area (Å²) in [6.07, 6.45) is 7.24. The highest BCUT2D eigenvalue weighted by molar-refractivity contribution is 7.71. The molecule has 0 aliphatic heterocycles. The minimum Gasteiger partial charge on any atom is -0.329 e. The third-order valence-corrected chi connectivity index (χ3v) is 3.13. The van der Waals surface area contributed by atoms with Crippen molar-refractivity contribution in [2.45, 2.75) is 0 Å². The van der Waals surface area contributed by atoms with Crippen LogP contribution < -0.4 is 0 Å². The smallest absolute Gasteiger partial charge is 0.198 e. The molecule has 0 aliphatic rings. The molecule has 0 saturated heterocycles. The zero-order valence-electron chi connectivity index (χ0n) is 10.9. The first-order chi connectivity index (χ1) is 9.72. The molecular formula is C14H13N5S. The van der Waals surface area contributed by atoms with Crippen molar-refractivity contribution >= 4 is 18.4 Å². The number of aromatic amines is 1. The molecule has 0 bridgehead atoms. The summed E-state index contributed by atoms with van der Waals surface area (Å²) in [5.41, 5.74) is 2.95. The molecule has 100 valence electrons. The highest BCUT2D eigenvalue weighted by Crippen LogP contribution is 2.16. The lowest BCUT2D eigenvalue weighted by atomic mass is 10.2. The number of H-pyrrole nitrogens is 1. The van der Waals surface area contributed by atoms with Crippen molar-refractivity contribution in [2.75, 3.05) is 0 Å². The molecule has 0 saturated carbocycles. The third kappa shape index (κ3) is 2.60. The summed E-state index contributed by atoms with van der Waals surface area (Å²) >= 11 is 5.27. The average molecular weight is 283 g/mol. The quantitative estimate of drug-likeness (QED) is 0.593. The van der Waals surface area contributed by atoms with E-state index < -0.39 is 0 Å². The monoisotopic (exact) mass is 283 g/mol. The van der Waals surface area contributed by atoms with Crippen LogP contribution in [0.2, 0.25) is 0 Å². The van der Waals surface area contributed by atoms with Crippen LogP contribution in [0.4, 0.5) is 0 Å². The fraction of sp³-hybridized carbons (Fsp3) is 0.0714. The molecule has 1 N–H and O–H groups in total. The van der Waals surface area contributed by atoms with Gasteiger partial charge in [0.15, 0.2) is 4.77 Å². The molecule has 0 radical (unpaired) electrons. The molecule has 2 heterocycles. The number of nitrogens with zero attached hydrogens (tertiary/aromatic N) is 4. The van der Waals surface area contributed by atoms with E-state index in [9.17, 15) is 0 Å². The van der Waals surface area contributed by atoms with Crippen LogP contribution in [0.15, 0.2) is 54.0 Å². The lowest BCUT2D eigenvalue weighted by Gasteiger charge is -1.94. The number of rotatable bonds is 3. The van der Waals surface area contributed by atoms with Crippen molar-refractivity contribution in [2.24, 2.45) is 12.1 Å². The molecule has 1 aromatic carbocycles. The maximum atomic E-state index is 5.27. The normalized spacial score (nSPS) is 11.2. The molecule has 20 heavy (non-hydrogen) atoms. The fourth-order valence-corrected chi connectivity index (χ4v) is 2.08. The zero-order chi connectivity index (χ0) is 13.9. The molecule has 2 aromatic heterocycles. The van der Waals surface area contributed by atoms with Gasteiger partial charge < -0.3 is 4.98 Å². The van der Waals surface area contributed by atoms with Crippen LogP contribution in [0.25, 0.3) is 11.3 Å². The van der Waals surface area contributed by atoms with Gasteiger partial charge in [-0.2, -0.15) is 10.2 Å². The van der Waals surface area contributed by atoms with Crippen LogP contribution in [-0.2, 0) is 7.05 Å². The zero-order valence-corrected chi connectivity index (χ0v) is 11.7. The Labute approximate surface area is 121 Å². The second-order valence-corrected chi connectivity index (χ2v) is 4.76. The lowest BCUT2D eigenvalue weighted by Crippen LogP contribution is -1.88. The van der Waals surface area contributed by atoms with Crippen molar-refractivity contribution < 1.29 is 0 Å². The Hall–Kier alpha value is -2.47. The number of hydrogen-bond acceptors (Lipinski definition) is 3. The van der Waals surface area contributed by atoms with Gasteiger partial charge in [0.1, 0.15) is 0 Å². The van der Waals surface area contributed by atoms with Gasteiger partial charge in [-0.25, -0.2) is 4.68 Å². The SMILES string of the molecule is Cn1cc(C=Nn2cc(-c3ccccc3)[nH]c2=S)cn1. The fourth-order valence-electron chi connectivity index (χ4n) is 1.87. The highest BCUT2D eigenvalue weighted by Gasteiger charge is 2.01. The van der Waals surface area contributed by atoms with Gasteiger partial charge in [-0.15, -0.1) is 0 Å². The number of imidazole rings is 1. The van der Waals surface area contributed by atoms with Crippen LogP contribution in [-0.4, -0.2) is 25.7 Å². The standard InChI is InChI=1S/C14H13N5S/c1-18-9-11(7-15-18)8-16-19-10-13(17-14(19)20)12-5-3-2-4-6-12/h2-10H,1H3,(H,17,20). The van der Waals surface area contributed by atoms with Gasteiger partial charge in [-0.3, -0.25) is 4.68 Å². The van der Waals surface area contributed by atoms with Crippen molar-refractivity contribution in [1.82, 2.24) is 19.4 Å². The van der Waals surface area contributed by atoms with E-state index in [1.54, 1.807) is 21.8 Å². The van der Waals surface area contributed by atoms with Gasteiger partial charge in [0.25, 0.3) is 0 Å². The maximum Gasteiger partial charge on any atom is 0.198 e. The van der Waals surface area contributed by atoms with E-state index in [0.29, 0.717) is 4.77 Å². The molecule has 0 aliphatic carbocycles. The van der Waals surface area contributed by atoms with Crippen molar-refractivity contribution in [3.8, 4) is 11.3 Å².